The van der Waals surface area contributed by atoms with Crippen molar-refractivity contribution in [3.8, 4) is 11.3 Å². The highest BCUT2D eigenvalue weighted by molar-refractivity contribution is 6.30. The van der Waals surface area contributed by atoms with Crippen LogP contribution in [0.2, 0.25) is 5.02 Å². The predicted octanol–water partition coefficient (Wildman–Crippen LogP) is 5.38. The van der Waals surface area contributed by atoms with Gasteiger partial charge in [0, 0.05) is 10.6 Å². The first-order valence-electron chi connectivity index (χ1n) is 8.24. The van der Waals surface area contributed by atoms with Crippen molar-refractivity contribution in [3.63, 3.8) is 0 Å². The topological polar surface area (TPSA) is 55.6 Å². The molecule has 0 saturated heterocycles. The number of hydrogen-bond donors (Lipinski definition) is 0. The van der Waals surface area contributed by atoms with Crippen LogP contribution in [0.15, 0.2) is 80.5 Å². The summed E-state index contributed by atoms with van der Waals surface area (Å²) in [6, 6.07) is 15.1. The van der Waals surface area contributed by atoms with Crippen LogP contribution in [0.1, 0.15) is 17.4 Å². The average molecular weight is 369 g/mol. The lowest BCUT2D eigenvalue weighted by molar-refractivity contribution is 0.191. The molecule has 0 aliphatic carbocycles. The van der Waals surface area contributed by atoms with Crippen molar-refractivity contribution in [3.05, 3.63) is 89.7 Å². The number of rotatable bonds is 7. The molecule has 0 radical (unpaired) electrons. The SMILES string of the molecule is Clc1ccc(-c2cnc(CN(Cc3ccco3)Cc3ccco3)o2)cc1. The maximum atomic E-state index is 5.94. The molecule has 26 heavy (non-hydrogen) atoms. The first-order valence-corrected chi connectivity index (χ1v) is 8.62. The zero-order chi connectivity index (χ0) is 17.8. The van der Waals surface area contributed by atoms with Crippen molar-refractivity contribution in [1.29, 1.82) is 0 Å². The molecule has 0 N–H and O–H groups in total. The summed E-state index contributed by atoms with van der Waals surface area (Å²) in [5.74, 6) is 3.10. The van der Waals surface area contributed by atoms with E-state index in [2.05, 4.69) is 9.88 Å². The number of hydrogen-bond acceptors (Lipinski definition) is 5. The second-order valence-corrected chi connectivity index (χ2v) is 6.37. The molecule has 132 valence electrons. The van der Waals surface area contributed by atoms with E-state index in [9.17, 15) is 0 Å². The molecule has 5 nitrogen and oxygen atoms in total. The second-order valence-electron chi connectivity index (χ2n) is 5.93. The lowest BCUT2D eigenvalue weighted by Gasteiger charge is -2.18. The zero-order valence-corrected chi connectivity index (χ0v) is 14.7. The number of halogens is 1. The zero-order valence-electron chi connectivity index (χ0n) is 14.0. The van der Waals surface area contributed by atoms with Gasteiger partial charge < -0.3 is 13.3 Å². The Bertz CT molecular complexity index is 892. The molecule has 6 heteroatoms. The minimum Gasteiger partial charge on any atom is -0.468 e. The van der Waals surface area contributed by atoms with Gasteiger partial charge in [0.15, 0.2) is 5.76 Å². The lowest BCUT2D eigenvalue weighted by Crippen LogP contribution is -2.22. The first kappa shape index (κ1) is 16.7. The Morgan fingerprint density at radius 2 is 1.50 bits per heavy atom. The summed E-state index contributed by atoms with van der Waals surface area (Å²) in [6.07, 6.45) is 5.07. The molecule has 0 bridgehead atoms. The third-order valence-electron chi connectivity index (χ3n) is 3.96. The van der Waals surface area contributed by atoms with Gasteiger partial charge >= 0.3 is 0 Å². The van der Waals surface area contributed by atoms with Crippen molar-refractivity contribution in [2.45, 2.75) is 19.6 Å². The molecular formula is C20H17ClN2O3. The van der Waals surface area contributed by atoms with Crippen molar-refractivity contribution in [2.75, 3.05) is 0 Å². The Morgan fingerprint density at radius 3 is 2.08 bits per heavy atom. The van der Waals surface area contributed by atoms with Gasteiger partial charge in [-0.05, 0) is 48.5 Å². The fourth-order valence-electron chi connectivity index (χ4n) is 2.74. The van der Waals surface area contributed by atoms with E-state index in [4.69, 9.17) is 24.9 Å². The van der Waals surface area contributed by atoms with Crippen molar-refractivity contribution in [1.82, 2.24) is 9.88 Å². The Balaban J connectivity index is 1.50. The minimum atomic E-state index is 0.537. The van der Waals surface area contributed by atoms with Gasteiger partial charge in [0.25, 0.3) is 0 Å². The van der Waals surface area contributed by atoms with Gasteiger partial charge in [0.2, 0.25) is 5.89 Å². The third-order valence-corrected chi connectivity index (χ3v) is 4.21. The molecule has 4 rings (SSSR count). The molecule has 1 aromatic carbocycles. The summed E-state index contributed by atoms with van der Waals surface area (Å²) in [4.78, 5) is 6.56. The second kappa shape index (κ2) is 7.64. The van der Waals surface area contributed by atoms with Crippen molar-refractivity contribution in [2.24, 2.45) is 0 Å². The molecule has 3 aromatic heterocycles. The molecule has 0 aliphatic heterocycles. The normalized spacial score (nSPS) is 11.3. The molecule has 3 heterocycles. The van der Waals surface area contributed by atoms with Gasteiger partial charge in [0.1, 0.15) is 11.5 Å². The maximum absolute atomic E-state index is 5.94. The van der Waals surface area contributed by atoms with Gasteiger partial charge in [-0.15, -0.1) is 0 Å². The standard InChI is InChI=1S/C20H17ClN2O3/c21-16-7-5-15(6-8-16)19-11-22-20(26-19)14-23(12-17-3-1-9-24-17)13-18-4-2-10-25-18/h1-11H,12-14H2. The highest BCUT2D eigenvalue weighted by Gasteiger charge is 2.15. The lowest BCUT2D eigenvalue weighted by atomic mass is 10.2. The number of aromatic nitrogens is 1. The summed E-state index contributed by atoms with van der Waals surface area (Å²) in [5.41, 5.74) is 0.941. The van der Waals surface area contributed by atoms with Crippen LogP contribution in [-0.4, -0.2) is 9.88 Å². The molecule has 0 aliphatic rings. The van der Waals surface area contributed by atoms with Gasteiger partial charge in [0.05, 0.1) is 38.4 Å². The summed E-state index contributed by atoms with van der Waals surface area (Å²) < 4.78 is 16.9. The van der Waals surface area contributed by atoms with E-state index >= 15 is 0 Å². The van der Waals surface area contributed by atoms with E-state index in [-0.39, 0.29) is 0 Å². The first-order chi connectivity index (χ1) is 12.8. The van der Waals surface area contributed by atoms with Crippen LogP contribution in [0.5, 0.6) is 0 Å². The Morgan fingerprint density at radius 1 is 0.846 bits per heavy atom. The predicted molar refractivity (Wildman–Crippen MR) is 97.3 cm³/mol. The number of furan rings is 2. The molecule has 4 aromatic rings. The molecule has 0 atom stereocenters. The van der Waals surface area contributed by atoms with Gasteiger partial charge in [-0.1, -0.05) is 11.6 Å². The third kappa shape index (κ3) is 4.07. The average Bonchev–Trinajstić information content (AvgIpc) is 3.38. The molecule has 0 fully saturated rings. The number of benzene rings is 1. The molecule has 0 amide bonds. The molecular weight excluding hydrogens is 352 g/mol. The fourth-order valence-corrected chi connectivity index (χ4v) is 2.86. The largest absolute Gasteiger partial charge is 0.468 e. The maximum Gasteiger partial charge on any atom is 0.209 e. The van der Waals surface area contributed by atoms with Gasteiger partial charge in [-0.3, -0.25) is 4.90 Å². The molecule has 0 unspecified atom stereocenters. The summed E-state index contributed by atoms with van der Waals surface area (Å²) >= 11 is 5.94. The quantitative estimate of drug-likeness (QED) is 0.438. The van der Waals surface area contributed by atoms with Gasteiger partial charge in [-0.25, -0.2) is 4.98 Å². The van der Waals surface area contributed by atoms with E-state index in [1.807, 2.05) is 48.5 Å². The summed E-state index contributed by atoms with van der Waals surface area (Å²) in [5, 5.41) is 0.691. The minimum absolute atomic E-state index is 0.537. The van der Waals surface area contributed by atoms with E-state index < -0.39 is 0 Å². The van der Waals surface area contributed by atoms with Crippen LogP contribution in [0.25, 0.3) is 11.3 Å². The van der Waals surface area contributed by atoms with Crippen LogP contribution in [-0.2, 0) is 19.6 Å². The smallest absolute Gasteiger partial charge is 0.209 e. The van der Waals surface area contributed by atoms with Crippen molar-refractivity contribution < 1.29 is 13.3 Å². The van der Waals surface area contributed by atoms with Gasteiger partial charge in [-0.2, -0.15) is 0 Å². The van der Waals surface area contributed by atoms with E-state index in [1.165, 1.54) is 0 Å². The van der Waals surface area contributed by atoms with Crippen LogP contribution in [0, 0.1) is 0 Å². The van der Waals surface area contributed by atoms with Crippen molar-refractivity contribution >= 4 is 11.6 Å². The van der Waals surface area contributed by atoms with E-state index in [1.54, 1.807) is 18.7 Å². The monoisotopic (exact) mass is 368 g/mol. The van der Waals surface area contributed by atoms with Crippen LogP contribution < -0.4 is 0 Å². The van der Waals surface area contributed by atoms with Crippen LogP contribution >= 0.6 is 11.6 Å². The number of oxazole rings is 1. The number of nitrogens with zero attached hydrogens (tertiary/aromatic N) is 2. The highest BCUT2D eigenvalue weighted by atomic mass is 35.5. The fraction of sp³-hybridized carbons (Fsp3) is 0.150. The summed E-state index contributed by atoms with van der Waals surface area (Å²) in [7, 11) is 0. The van der Waals surface area contributed by atoms with Crippen LogP contribution in [0.3, 0.4) is 0 Å². The van der Waals surface area contributed by atoms with Crippen LogP contribution in [0.4, 0.5) is 0 Å². The Hall–Kier alpha value is -2.76. The highest BCUT2D eigenvalue weighted by Crippen LogP contribution is 2.23. The molecule has 0 saturated carbocycles. The van der Waals surface area contributed by atoms with E-state index in [0.717, 1.165) is 17.1 Å². The summed E-state index contributed by atoms with van der Waals surface area (Å²) in [6.45, 7) is 1.80. The molecule has 0 spiro atoms. The Kier molecular flexibility index (Phi) is 4.91. The Labute approximate surface area is 155 Å². The van der Waals surface area contributed by atoms with E-state index in [0.29, 0.717) is 36.3 Å².